The molecule has 5 nitrogen and oxygen atoms in total. The summed E-state index contributed by atoms with van der Waals surface area (Å²) in [6, 6.07) is 22.4. The average molecular weight is 340 g/mol. The van der Waals surface area contributed by atoms with E-state index in [1.54, 1.807) is 6.20 Å². The molecule has 2 aromatic carbocycles. The number of hydrogen-bond donors (Lipinski definition) is 1. The number of aromatic amines is 1. The molecule has 1 radical (unpaired) electrons. The van der Waals surface area contributed by atoms with Gasteiger partial charge in [-0.3, -0.25) is 4.98 Å². The number of aromatic nitrogens is 3. The van der Waals surface area contributed by atoms with E-state index in [1.807, 2.05) is 60.7 Å². The molecule has 1 aliphatic rings. The minimum atomic E-state index is 0.248. The molecular weight excluding hydrogens is 326 g/mol. The maximum absolute atomic E-state index is 5.52. The van der Waals surface area contributed by atoms with Gasteiger partial charge in [0.25, 0.3) is 0 Å². The number of fused-ring (bicyclic) bond motifs is 1. The predicted molar refractivity (Wildman–Crippen MR) is 97.6 cm³/mol. The number of pyridine rings is 1. The lowest BCUT2D eigenvalue weighted by atomic mass is 10.1. The third kappa shape index (κ3) is 2.50. The number of imidazole rings is 1. The molecule has 125 valence electrons. The Morgan fingerprint density at radius 1 is 0.923 bits per heavy atom. The van der Waals surface area contributed by atoms with E-state index in [0.29, 0.717) is 0 Å². The van der Waals surface area contributed by atoms with Crippen molar-refractivity contribution in [3.05, 3.63) is 72.9 Å². The minimum Gasteiger partial charge on any atom is -0.454 e. The molecule has 0 atom stereocenters. The molecule has 0 saturated carbocycles. The summed E-state index contributed by atoms with van der Waals surface area (Å²) in [5.74, 6) is 2.27. The molecule has 1 aliphatic heterocycles. The van der Waals surface area contributed by atoms with Gasteiger partial charge in [-0.05, 0) is 36.4 Å². The normalized spacial score (nSPS) is 12.3. The van der Waals surface area contributed by atoms with Crippen LogP contribution in [0, 0.1) is 6.07 Å². The summed E-state index contributed by atoms with van der Waals surface area (Å²) < 4.78 is 10.9. The van der Waals surface area contributed by atoms with Crippen molar-refractivity contribution in [2.24, 2.45) is 0 Å². The summed E-state index contributed by atoms with van der Waals surface area (Å²) in [6.07, 6.45) is 1.77. The summed E-state index contributed by atoms with van der Waals surface area (Å²) in [6.45, 7) is 0.248. The second kappa shape index (κ2) is 6.04. The van der Waals surface area contributed by atoms with Gasteiger partial charge in [0.15, 0.2) is 11.5 Å². The third-order valence-electron chi connectivity index (χ3n) is 4.26. The molecule has 3 heterocycles. The fourth-order valence-electron chi connectivity index (χ4n) is 3.00. The molecule has 2 aromatic heterocycles. The number of benzene rings is 2. The van der Waals surface area contributed by atoms with E-state index >= 15 is 0 Å². The summed E-state index contributed by atoms with van der Waals surface area (Å²) in [4.78, 5) is 12.7. The molecule has 0 unspecified atom stereocenters. The van der Waals surface area contributed by atoms with E-state index in [-0.39, 0.29) is 6.79 Å². The highest BCUT2D eigenvalue weighted by Crippen LogP contribution is 2.38. The van der Waals surface area contributed by atoms with Crippen molar-refractivity contribution in [3.8, 4) is 45.5 Å². The van der Waals surface area contributed by atoms with Gasteiger partial charge in [0.2, 0.25) is 6.79 Å². The first-order chi connectivity index (χ1) is 12.9. The van der Waals surface area contributed by atoms with Gasteiger partial charge < -0.3 is 14.5 Å². The fraction of sp³-hybridized carbons (Fsp3) is 0.0476. The zero-order chi connectivity index (χ0) is 17.3. The minimum absolute atomic E-state index is 0.248. The fourth-order valence-corrected chi connectivity index (χ4v) is 3.00. The highest BCUT2D eigenvalue weighted by molar-refractivity contribution is 5.80. The lowest BCUT2D eigenvalue weighted by Gasteiger charge is -2.03. The zero-order valence-corrected chi connectivity index (χ0v) is 13.8. The molecule has 5 rings (SSSR count). The van der Waals surface area contributed by atoms with Crippen molar-refractivity contribution in [2.75, 3.05) is 6.79 Å². The van der Waals surface area contributed by atoms with E-state index in [0.717, 1.165) is 45.5 Å². The molecule has 0 bridgehead atoms. The molecule has 5 heteroatoms. The second-order valence-electron chi connectivity index (χ2n) is 5.88. The molecular formula is C21H14N3O2. The summed E-state index contributed by atoms with van der Waals surface area (Å²) in [5.41, 5.74) is 4.46. The van der Waals surface area contributed by atoms with Gasteiger partial charge in [-0.1, -0.05) is 30.3 Å². The first-order valence-electron chi connectivity index (χ1n) is 8.26. The van der Waals surface area contributed by atoms with Gasteiger partial charge in [0.1, 0.15) is 5.82 Å². The Labute approximate surface area is 150 Å². The number of H-pyrrole nitrogens is 1. The molecule has 0 saturated heterocycles. The van der Waals surface area contributed by atoms with Crippen LogP contribution < -0.4 is 9.47 Å². The number of ether oxygens (including phenoxy) is 2. The Hall–Kier alpha value is -3.60. The van der Waals surface area contributed by atoms with Gasteiger partial charge in [-0.25, -0.2) is 4.98 Å². The van der Waals surface area contributed by atoms with Crippen molar-refractivity contribution < 1.29 is 9.47 Å². The van der Waals surface area contributed by atoms with Crippen molar-refractivity contribution in [1.82, 2.24) is 15.0 Å². The van der Waals surface area contributed by atoms with Crippen LogP contribution in [0.2, 0.25) is 0 Å². The molecule has 0 aliphatic carbocycles. The Bertz CT molecular complexity index is 1060. The molecule has 4 aromatic rings. The van der Waals surface area contributed by atoms with Crippen LogP contribution in [-0.2, 0) is 0 Å². The smallest absolute Gasteiger partial charge is 0.231 e. The second-order valence-corrected chi connectivity index (χ2v) is 5.88. The number of rotatable bonds is 3. The standard InChI is InChI=1S/C21H14N3O2/c1-2-6-14(7-3-1)21-23-19(20(24-21)16-8-4-5-11-22-16)15-9-10-17-18(12-15)26-13-25-17/h2-12H,13H2,(H,23,24). The number of hydrogen-bond acceptors (Lipinski definition) is 4. The monoisotopic (exact) mass is 340 g/mol. The summed E-state index contributed by atoms with van der Waals surface area (Å²) >= 11 is 0. The average Bonchev–Trinajstić information content (AvgIpc) is 3.36. The Morgan fingerprint density at radius 3 is 2.65 bits per heavy atom. The molecule has 26 heavy (non-hydrogen) atoms. The van der Waals surface area contributed by atoms with Crippen molar-refractivity contribution in [2.45, 2.75) is 0 Å². The van der Waals surface area contributed by atoms with Crippen molar-refractivity contribution >= 4 is 0 Å². The van der Waals surface area contributed by atoms with Crippen LogP contribution in [0.5, 0.6) is 11.5 Å². The quantitative estimate of drug-likeness (QED) is 0.603. The van der Waals surface area contributed by atoms with E-state index in [4.69, 9.17) is 14.5 Å². The van der Waals surface area contributed by atoms with Crippen molar-refractivity contribution in [1.29, 1.82) is 0 Å². The zero-order valence-electron chi connectivity index (χ0n) is 13.8. The largest absolute Gasteiger partial charge is 0.454 e. The van der Waals surface area contributed by atoms with Gasteiger partial charge in [0.05, 0.1) is 17.1 Å². The highest BCUT2D eigenvalue weighted by atomic mass is 16.7. The Kier molecular flexibility index (Phi) is 3.42. The SMILES string of the molecule is [c]1ccc(-c2nc(-c3ccc4c(c3)OCO4)c(-c3ccccn3)[nH]2)cc1. The van der Waals surface area contributed by atoms with E-state index in [1.165, 1.54) is 0 Å². The third-order valence-corrected chi connectivity index (χ3v) is 4.26. The van der Waals surface area contributed by atoms with Gasteiger partial charge in [-0.15, -0.1) is 0 Å². The van der Waals surface area contributed by atoms with E-state index in [2.05, 4.69) is 16.0 Å². The van der Waals surface area contributed by atoms with Crippen molar-refractivity contribution in [3.63, 3.8) is 0 Å². The predicted octanol–water partition coefficient (Wildman–Crippen LogP) is 4.33. The van der Waals surface area contributed by atoms with Gasteiger partial charge in [-0.2, -0.15) is 0 Å². The Morgan fingerprint density at radius 2 is 1.81 bits per heavy atom. The van der Waals surface area contributed by atoms with Gasteiger partial charge >= 0.3 is 0 Å². The maximum atomic E-state index is 5.52. The van der Waals surface area contributed by atoms with Crippen LogP contribution in [0.15, 0.2) is 66.9 Å². The molecule has 0 amide bonds. The molecule has 1 N–H and O–H groups in total. The molecule has 0 spiro atoms. The van der Waals surface area contributed by atoms with E-state index < -0.39 is 0 Å². The topological polar surface area (TPSA) is 60.0 Å². The van der Waals surface area contributed by atoms with Crippen LogP contribution in [0.1, 0.15) is 0 Å². The number of nitrogens with zero attached hydrogens (tertiary/aromatic N) is 2. The maximum Gasteiger partial charge on any atom is 0.231 e. The Balaban J connectivity index is 1.69. The molecule has 0 fully saturated rings. The van der Waals surface area contributed by atoms with E-state index in [9.17, 15) is 0 Å². The summed E-state index contributed by atoms with van der Waals surface area (Å²) in [7, 11) is 0. The van der Waals surface area contributed by atoms with Gasteiger partial charge in [0, 0.05) is 17.3 Å². The van der Waals surface area contributed by atoms with Crippen LogP contribution in [0.3, 0.4) is 0 Å². The number of nitrogens with one attached hydrogen (secondary N) is 1. The van der Waals surface area contributed by atoms with Crippen LogP contribution in [0.4, 0.5) is 0 Å². The van der Waals surface area contributed by atoms with Crippen LogP contribution in [0.25, 0.3) is 34.0 Å². The summed E-state index contributed by atoms with van der Waals surface area (Å²) in [5, 5.41) is 0. The first kappa shape index (κ1) is 14.7. The highest BCUT2D eigenvalue weighted by Gasteiger charge is 2.19. The van der Waals surface area contributed by atoms with Crippen LogP contribution in [-0.4, -0.2) is 21.7 Å². The first-order valence-corrected chi connectivity index (χ1v) is 8.26. The van der Waals surface area contributed by atoms with Crippen LogP contribution >= 0.6 is 0 Å². The lowest BCUT2D eigenvalue weighted by molar-refractivity contribution is 0.174. The lowest BCUT2D eigenvalue weighted by Crippen LogP contribution is -1.92.